The maximum Gasteiger partial charge on any atom is 0.416 e. The summed E-state index contributed by atoms with van der Waals surface area (Å²) < 4.78 is 49.7. The van der Waals surface area contributed by atoms with Crippen molar-refractivity contribution in [3.8, 4) is 0 Å². The molecule has 1 saturated heterocycles. The summed E-state index contributed by atoms with van der Waals surface area (Å²) >= 11 is 0. The van der Waals surface area contributed by atoms with Gasteiger partial charge in [0.1, 0.15) is 0 Å². The van der Waals surface area contributed by atoms with Gasteiger partial charge >= 0.3 is 12.2 Å². The first-order valence-corrected chi connectivity index (χ1v) is 7.65. The third-order valence-electron chi connectivity index (χ3n) is 3.85. The van der Waals surface area contributed by atoms with Crippen LogP contribution in [0.1, 0.15) is 24.1 Å². The Morgan fingerprint density at radius 1 is 1.46 bits per heavy atom. The van der Waals surface area contributed by atoms with E-state index in [2.05, 4.69) is 5.32 Å². The zero-order valence-corrected chi connectivity index (χ0v) is 13.6. The van der Waals surface area contributed by atoms with E-state index < -0.39 is 23.8 Å². The Labute approximate surface area is 138 Å². The molecule has 0 aliphatic carbocycles. The first-order valence-electron chi connectivity index (χ1n) is 7.65. The van der Waals surface area contributed by atoms with Gasteiger partial charge in [-0.05, 0) is 18.6 Å². The maximum atomic E-state index is 13.1. The minimum atomic E-state index is -4.46. The molecular formula is C16H21F3N2O3. The number of morpholine rings is 1. The van der Waals surface area contributed by atoms with Gasteiger partial charge in [-0.3, -0.25) is 0 Å². The van der Waals surface area contributed by atoms with Crippen LogP contribution < -0.4 is 5.32 Å². The van der Waals surface area contributed by atoms with E-state index in [0.717, 1.165) is 6.07 Å². The summed E-state index contributed by atoms with van der Waals surface area (Å²) in [6.45, 7) is 2.99. The lowest BCUT2D eigenvalue weighted by Crippen LogP contribution is -2.51. The molecule has 0 radical (unpaired) electrons. The predicted octanol–water partition coefficient (Wildman–Crippen LogP) is 2.82. The van der Waals surface area contributed by atoms with Gasteiger partial charge in [-0.25, -0.2) is 4.79 Å². The van der Waals surface area contributed by atoms with Crippen LogP contribution in [0.3, 0.4) is 0 Å². The van der Waals surface area contributed by atoms with E-state index in [1.54, 1.807) is 7.11 Å². The van der Waals surface area contributed by atoms with Crippen LogP contribution in [0.5, 0.6) is 0 Å². The van der Waals surface area contributed by atoms with Crippen LogP contribution >= 0.6 is 0 Å². The molecule has 8 heteroatoms. The number of alkyl halides is 3. The van der Waals surface area contributed by atoms with Gasteiger partial charge in [0, 0.05) is 13.7 Å². The van der Waals surface area contributed by atoms with Gasteiger partial charge in [0.25, 0.3) is 0 Å². The fourth-order valence-electron chi connectivity index (χ4n) is 2.68. The Hall–Kier alpha value is -1.80. The molecule has 0 spiro atoms. The summed E-state index contributed by atoms with van der Waals surface area (Å²) in [5, 5.41) is 2.63. The van der Waals surface area contributed by atoms with E-state index in [-0.39, 0.29) is 11.7 Å². The normalized spacial score (nSPS) is 19.9. The number of urea groups is 1. The van der Waals surface area contributed by atoms with Gasteiger partial charge in [-0.1, -0.05) is 18.2 Å². The van der Waals surface area contributed by atoms with Gasteiger partial charge in [-0.2, -0.15) is 13.2 Å². The number of benzene rings is 1. The van der Waals surface area contributed by atoms with Crippen molar-refractivity contribution in [1.29, 1.82) is 0 Å². The van der Waals surface area contributed by atoms with Crippen LogP contribution in [0.25, 0.3) is 0 Å². The third kappa shape index (κ3) is 4.61. The van der Waals surface area contributed by atoms with Gasteiger partial charge in [0.15, 0.2) is 0 Å². The molecule has 2 amide bonds. The average molecular weight is 346 g/mol. The number of methoxy groups -OCH3 is 1. The van der Waals surface area contributed by atoms with Crippen molar-refractivity contribution in [3.63, 3.8) is 0 Å². The Morgan fingerprint density at radius 3 is 2.83 bits per heavy atom. The van der Waals surface area contributed by atoms with Crippen LogP contribution in [0, 0.1) is 0 Å². The summed E-state index contributed by atoms with van der Waals surface area (Å²) in [7, 11) is 1.54. The molecule has 24 heavy (non-hydrogen) atoms. The topological polar surface area (TPSA) is 50.8 Å². The number of halogens is 3. The van der Waals surface area contributed by atoms with Crippen molar-refractivity contribution in [2.24, 2.45) is 0 Å². The standard InChI is InChI=1S/C16H21F3N2O3/c1-11(13-5-3-4-6-14(13)16(17,18)19)20-15(22)21-7-8-24-12(9-21)10-23-2/h3-6,11-12H,7-10H2,1-2H3,(H,20,22)/t11-,12+/m0/s1. The zero-order valence-electron chi connectivity index (χ0n) is 13.6. The molecule has 0 saturated carbocycles. The lowest BCUT2D eigenvalue weighted by Gasteiger charge is -2.33. The summed E-state index contributed by atoms with van der Waals surface area (Å²) in [6.07, 6.45) is -4.69. The van der Waals surface area contributed by atoms with Gasteiger partial charge in [0.05, 0.1) is 37.5 Å². The monoisotopic (exact) mass is 346 g/mol. The second kappa shape index (κ2) is 7.85. The minimum absolute atomic E-state index is 0.0417. The molecule has 1 aliphatic rings. The molecule has 0 unspecified atom stereocenters. The second-order valence-electron chi connectivity index (χ2n) is 5.65. The Bertz CT molecular complexity index is 564. The molecule has 1 aromatic rings. The summed E-state index contributed by atoms with van der Waals surface area (Å²) in [5.74, 6) is 0. The number of carbonyl (C=O) groups is 1. The molecule has 1 N–H and O–H groups in total. The van der Waals surface area contributed by atoms with Gasteiger partial charge in [0.2, 0.25) is 0 Å². The largest absolute Gasteiger partial charge is 0.416 e. The van der Waals surface area contributed by atoms with Crippen LogP contribution in [0.2, 0.25) is 0 Å². The van der Waals surface area contributed by atoms with E-state index in [9.17, 15) is 18.0 Å². The third-order valence-corrected chi connectivity index (χ3v) is 3.85. The molecule has 2 atom stereocenters. The number of hydrogen-bond acceptors (Lipinski definition) is 3. The van der Waals surface area contributed by atoms with Crippen LogP contribution in [0.15, 0.2) is 24.3 Å². The van der Waals surface area contributed by atoms with Gasteiger partial charge in [-0.15, -0.1) is 0 Å². The van der Waals surface area contributed by atoms with Crippen molar-refractivity contribution in [1.82, 2.24) is 10.2 Å². The molecule has 5 nitrogen and oxygen atoms in total. The Morgan fingerprint density at radius 2 is 2.17 bits per heavy atom. The van der Waals surface area contributed by atoms with Gasteiger partial charge < -0.3 is 19.7 Å². The SMILES string of the molecule is COC[C@H]1CN(C(=O)N[C@@H](C)c2ccccc2C(F)(F)F)CCO1. The Balaban J connectivity index is 2.04. The van der Waals surface area contributed by atoms with Crippen molar-refractivity contribution in [2.45, 2.75) is 25.2 Å². The van der Waals surface area contributed by atoms with Crippen LogP contribution in [0.4, 0.5) is 18.0 Å². The number of rotatable bonds is 4. The smallest absolute Gasteiger partial charge is 0.382 e. The Kier molecular flexibility index (Phi) is 6.06. The fraction of sp³-hybridized carbons (Fsp3) is 0.562. The highest BCUT2D eigenvalue weighted by atomic mass is 19.4. The number of hydrogen-bond donors (Lipinski definition) is 1. The zero-order chi connectivity index (χ0) is 17.7. The van der Waals surface area contributed by atoms with Crippen LogP contribution in [-0.4, -0.2) is 50.4 Å². The van der Waals surface area contributed by atoms with Crippen molar-refractivity contribution < 1.29 is 27.4 Å². The van der Waals surface area contributed by atoms with E-state index in [0.29, 0.717) is 26.3 Å². The number of nitrogens with one attached hydrogen (secondary N) is 1. The molecule has 1 aliphatic heterocycles. The van der Waals surface area contributed by atoms with Crippen molar-refractivity contribution >= 4 is 6.03 Å². The predicted molar refractivity (Wildman–Crippen MR) is 81.6 cm³/mol. The van der Waals surface area contributed by atoms with Crippen molar-refractivity contribution in [2.75, 3.05) is 33.4 Å². The molecule has 1 heterocycles. The van der Waals surface area contributed by atoms with Crippen molar-refractivity contribution in [3.05, 3.63) is 35.4 Å². The molecule has 1 aromatic carbocycles. The lowest BCUT2D eigenvalue weighted by atomic mass is 10.0. The first-order chi connectivity index (χ1) is 11.3. The maximum absolute atomic E-state index is 13.1. The molecule has 2 rings (SSSR count). The van der Waals surface area contributed by atoms with E-state index in [1.807, 2.05) is 0 Å². The number of amides is 2. The van der Waals surface area contributed by atoms with Crippen LogP contribution in [-0.2, 0) is 15.7 Å². The highest BCUT2D eigenvalue weighted by Gasteiger charge is 2.35. The quantitative estimate of drug-likeness (QED) is 0.912. The second-order valence-corrected chi connectivity index (χ2v) is 5.65. The molecule has 134 valence electrons. The highest BCUT2D eigenvalue weighted by Crippen LogP contribution is 2.34. The number of nitrogens with zero attached hydrogens (tertiary/aromatic N) is 1. The first kappa shape index (κ1) is 18.5. The van der Waals surface area contributed by atoms with E-state index in [1.165, 1.54) is 30.0 Å². The number of carbonyl (C=O) groups excluding carboxylic acids is 1. The lowest BCUT2D eigenvalue weighted by molar-refractivity contribution is -0.138. The summed E-state index contributed by atoms with van der Waals surface area (Å²) in [5.41, 5.74) is -0.697. The molecular weight excluding hydrogens is 325 g/mol. The molecule has 0 bridgehead atoms. The molecule has 0 aromatic heterocycles. The summed E-state index contributed by atoms with van der Waals surface area (Å²) in [4.78, 5) is 13.9. The van der Waals surface area contributed by atoms with E-state index in [4.69, 9.17) is 9.47 Å². The fourth-order valence-corrected chi connectivity index (χ4v) is 2.68. The molecule has 1 fully saturated rings. The van der Waals surface area contributed by atoms with E-state index >= 15 is 0 Å². The number of ether oxygens (including phenoxy) is 2. The average Bonchev–Trinajstić information content (AvgIpc) is 2.54. The summed E-state index contributed by atoms with van der Waals surface area (Å²) in [6, 6.07) is 4.07. The minimum Gasteiger partial charge on any atom is -0.382 e. The highest BCUT2D eigenvalue weighted by molar-refractivity contribution is 5.75.